The molecule has 4 heteroatoms. The fourth-order valence-corrected chi connectivity index (χ4v) is 2.99. The van der Waals surface area contributed by atoms with Gasteiger partial charge < -0.3 is 10.1 Å². The Morgan fingerprint density at radius 2 is 2.14 bits per heavy atom. The number of halogens is 2. The van der Waals surface area contributed by atoms with E-state index in [9.17, 15) is 4.39 Å². The molecule has 2 aromatic carbocycles. The van der Waals surface area contributed by atoms with Crippen LogP contribution in [0.4, 0.5) is 4.39 Å². The van der Waals surface area contributed by atoms with E-state index in [-0.39, 0.29) is 18.0 Å². The van der Waals surface area contributed by atoms with Gasteiger partial charge in [0.1, 0.15) is 17.7 Å². The third-order valence-electron chi connectivity index (χ3n) is 3.74. The van der Waals surface area contributed by atoms with Gasteiger partial charge in [0.2, 0.25) is 0 Å². The summed E-state index contributed by atoms with van der Waals surface area (Å²) in [5, 5.41) is 4.12. The van der Waals surface area contributed by atoms with Crippen LogP contribution >= 0.6 is 11.6 Å². The maximum atomic E-state index is 13.5. The van der Waals surface area contributed by atoms with Crippen LogP contribution < -0.4 is 10.1 Å². The zero-order valence-electron chi connectivity index (χ0n) is 11.8. The second kappa shape index (κ2) is 6.04. The van der Waals surface area contributed by atoms with E-state index in [1.807, 2.05) is 24.3 Å². The van der Waals surface area contributed by atoms with Gasteiger partial charge in [0, 0.05) is 29.1 Å². The van der Waals surface area contributed by atoms with Crippen LogP contribution in [0, 0.1) is 5.82 Å². The van der Waals surface area contributed by atoms with Crippen LogP contribution in [0.25, 0.3) is 0 Å². The lowest BCUT2D eigenvalue weighted by molar-refractivity contribution is 0.151. The molecule has 0 amide bonds. The molecule has 1 aliphatic heterocycles. The first-order valence-electron chi connectivity index (χ1n) is 7.12. The van der Waals surface area contributed by atoms with Crippen molar-refractivity contribution in [1.29, 1.82) is 0 Å². The number of ether oxygens (including phenoxy) is 1. The Hall–Kier alpha value is -1.58. The zero-order chi connectivity index (χ0) is 14.8. The fraction of sp³-hybridized carbons (Fsp3) is 0.294. The van der Waals surface area contributed by atoms with E-state index in [0.29, 0.717) is 10.8 Å². The van der Waals surface area contributed by atoms with Crippen molar-refractivity contribution in [1.82, 2.24) is 5.32 Å². The lowest BCUT2D eigenvalue weighted by atomic mass is 9.93. The Kier molecular flexibility index (Phi) is 4.13. The van der Waals surface area contributed by atoms with Crippen LogP contribution in [0.5, 0.6) is 5.75 Å². The SMILES string of the molecule is CCNC1CC(c2cccc(Cl)c2)Oc2cc(F)ccc21. The molecule has 0 radical (unpaired) electrons. The number of hydrogen-bond acceptors (Lipinski definition) is 2. The van der Waals surface area contributed by atoms with Crippen molar-refractivity contribution in [2.75, 3.05) is 6.54 Å². The van der Waals surface area contributed by atoms with Gasteiger partial charge in [-0.3, -0.25) is 0 Å². The molecule has 0 aromatic heterocycles. The topological polar surface area (TPSA) is 21.3 Å². The summed E-state index contributed by atoms with van der Waals surface area (Å²) in [5.41, 5.74) is 2.02. The minimum atomic E-state index is -0.282. The molecule has 0 bridgehead atoms. The van der Waals surface area contributed by atoms with Crippen LogP contribution in [0.3, 0.4) is 0 Å². The van der Waals surface area contributed by atoms with Crippen molar-refractivity contribution in [2.45, 2.75) is 25.5 Å². The maximum absolute atomic E-state index is 13.5. The molecule has 0 spiro atoms. The highest BCUT2D eigenvalue weighted by atomic mass is 35.5. The first kappa shape index (κ1) is 14.4. The van der Waals surface area contributed by atoms with E-state index >= 15 is 0 Å². The van der Waals surface area contributed by atoms with E-state index in [4.69, 9.17) is 16.3 Å². The molecule has 3 rings (SSSR count). The molecule has 2 aromatic rings. The van der Waals surface area contributed by atoms with E-state index in [2.05, 4.69) is 12.2 Å². The summed E-state index contributed by atoms with van der Waals surface area (Å²) in [6.07, 6.45) is 0.675. The van der Waals surface area contributed by atoms with Gasteiger partial charge in [0.25, 0.3) is 0 Å². The molecule has 21 heavy (non-hydrogen) atoms. The summed E-state index contributed by atoms with van der Waals surface area (Å²) in [7, 11) is 0. The van der Waals surface area contributed by atoms with Crippen molar-refractivity contribution in [2.24, 2.45) is 0 Å². The first-order chi connectivity index (χ1) is 10.2. The lowest BCUT2D eigenvalue weighted by Crippen LogP contribution is -2.29. The number of nitrogens with one attached hydrogen (secondary N) is 1. The number of rotatable bonds is 3. The number of hydrogen-bond donors (Lipinski definition) is 1. The lowest BCUT2D eigenvalue weighted by Gasteiger charge is -2.33. The van der Waals surface area contributed by atoms with Gasteiger partial charge in [-0.05, 0) is 30.3 Å². The molecule has 1 N–H and O–H groups in total. The van der Waals surface area contributed by atoms with Crippen molar-refractivity contribution >= 4 is 11.6 Å². The molecule has 0 fully saturated rings. The normalized spacial score (nSPS) is 20.7. The predicted octanol–water partition coefficient (Wildman–Crippen LogP) is 4.65. The second-order valence-electron chi connectivity index (χ2n) is 5.19. The Morgan fingerprint density at radius 3 is 2.90 bits per heavy atom. The zero-order valence-corrected chi connectivity index (χ0v) is 12.5. The molecular weight excluding hydrogens is 289 g/mol. The molecule has 0 saturated heterocycles. The van der Waals surface area contributed by atoms with Crippen LogP contribution in [0.1, 0.15) is 36.6 Å². The average Bonchev–Trinajstić information content (AvgIpc) is 2.47. The van der Waals surface area contributed by atoms with Crippen LogP contribution in [-0.2, 0) is 0 Å². The minimum absolute atomic E-state index is 0.123. The molecule has 2 atom stereocenters. The van der Waals surface area contributed by atoms with E-state index < -0.39 is 0 Å². The van der Waals surface area contributed by atoms with Crippen LogP contribution in [-0.4, -0.2) is 6.54 Å². The summed E-state index contributed by atoms with van der Waals surface area (Å²) in [5.74, 6) is 0.327. The van der Waals surface area contributed by atoms with Gasteiger partial charge in [-0.25, -0.2) is 4.39 Å². The highest BCUT2D eigenvalue weighted by Gasteiger charge is 2.29. The molecule has 0 aliphatic carbocycles. The van der Waals surface area contributed by atoms with Crippen molar-refractivity contribution in [3.05, 3.63) is 64.4 Å². The van der Waals surface area contributed by atoms with Gasteiger partial charge >= 0.3 is 0 Å². The second-order valence-corrected chi connectivity index (χ2v) is 5.63. The van der Waals surface area contributed by atoms with E-state index in [1.54, 1.807) is 6.07 Å². The molecule has 1 heterocycles. The minimum Gasteiger partial charge on any atom is -0.485 e. The number of fused-ring (bicyclic) bond motifs is 1. The fourth-order valence-electron chi connectivity index (χ4n) is 2.79. The van der Waals surface area contributed by atoms with E-state index in [0.717, 1.165) is 24.1 Å². The summed E-state index contributed by atoms with van der Waals surface area (Å²) < 4.78 is 19.5. The third-order valence-corrected chi connectivity index (χ3v) is 3.98. The Balaban J connectivity index is 1.96. The van der Waals surface area contributed by atoms with Gasteiger partial charge in [0.15, 0.2) is 0 Å². The third kappa shape index (κ3) is 3.04. The molecule has 0 saturated carbocycles. The number of benzene rings is 2. The standard InChI is InChI=1S/C17H17ClFNO/c1-2-20-15-10-16(11-4-3-5-12(18)8-11)21-17-9-13(19)6-7-14(15)17/h3-9,15-16,20H,2,10H2,1H3. The van der Waals surface area contributed by atoms with Crippen LogP contribution in [0.2, 0.25) is 5.02 Å². The molecule has 2 nitrogen and oxygen atoms in total. The highest BCUT2D eigenvalue weighted by molar-refractivity contribution is 6.30. The van der Waals surface area contributed by atoms with Gasteiger partial charge in [-0.1, -0.05) is 36.7 Å². The predicted molar refractivity (Wildman–Crippen MR) is 82.3 cm³/mol. The van der Waals surface area contributed by atoms with Gasteiger partial charge in [-0.15, -0.1) is 0 Å². The highest BCUT2D eigenvalue weighted by Crippen LogP contribution is 2.41. The summed E-state index contributed by atoms with van der Waals surface area (Å²) >= 11 is 6.06. The quantitative estimate of drug-likeness (QED) is 0.891. The van der Waals surface area contributed by atoms with Crippen LogP contribution in [0.15, 0.2) is 42.5 Å². The van der Waals surface area contributed by atoms with Crippen molar-refractivity contribution in [3.63, 3.8) is 0 Å². The summed E-state index contributed by atoms with van der Waals surface area (Å²) in [6.45, 7) is 2.91. The smallest absolute Gasteiger partial charge is 0.127 e. The molecule has 2 unspecified atom stereocenters. The molecule has 110 valence electrons. The summed E-state index contributed by atoms with van der Waals surface area (Å²) in [4.78, 5) is 0. The van der Waals surface area contributed by atoms with Crippen molar-refractivity contribution < 1.29 is 9.13 Å². The van der Waals surface area contributed by atoms with Gasteiger partial charge in [-0.2, -0.15) is 0 Å². The first-order valence-corrected chi connectivity index (χ1v) is 7.50. The molecular formula is C17H17ClFNO. The Labute approximate surface area is 128 Å². The van der Waals surface area contributed by atoms with Crippen molar-refractivity contribution in [3.8, 4) is 5.75 Å². The maximum Gasteiger partial charge on any atom is 0.127 e. The largest absolute Gasteiger partial charge is 0.485 e. The van der Waals surface area contributed by atoms with Gasteiger partial charge in [0.05, 0.1) is 0 Å². The van der Waals surface area contributed by atoms with E-state index in [1.165, 1.54) is 12.1 Å². The average molecular weight is 306 g/mol. The monoisotopic (exact) mass is 305 g/mol. The summed E-state index contributed by atoms with van der Waals surface area (Å²) in [6, 6.07) is 12.5. The molecule has 1 aliphatic rings. The Morgan fingerprint density at radius 1 is 1.29 bits per heavy atom. The Bertz CT molecular complexity index is 646.